The summed E-state index contributed by atoms with van der Waals surface area (Å²) in [6.07, 6.45) is 0. The Bertz CT molecular complexity index is 763. The van der Waals surface area contributed by atoms with E-state index < -0.39 is 32.6 Å². The van der Waals surface area contributed by atoms with E-state index in [2.05, 4.69) is 4.72 Å². The number of anilines is 1. The van der Waals surface area contributed by atoms with Crippen molar-refractivity contribution < 1.29 is 17.2 Å². The number of sulfonamides is 1. The topological polar surface area (TPSA) is 72.2 Å². The quantitative estimate of drug-likeness (QED) is 0.852. The molecule has 0 saturated carbocycles. The molecule has 0 bridgehead atoms. The number of hydrogen-bond donors (Lipinski definition) is 2. The lowest BCUT2D eigenvalue weighted by Crippen LogP contribution is -2.27. The normalized spacial score (nSPS) is 13.1. The first-order valence-corrected chi connectivity index (χ1v) is 7.61. The minimum atomic E-state index is -4.10. The molecule has 3 N–H and O–H groups in total. The van der Waals surface area contributed by atoms with Crippen LogP contribution in [0.2, 0.25) is 0 Å². The zero-order chi connectivity index (χ0) is 15.6. The van der Waals surface area contributed by atoms with Gasteiger partial charge >= 0.3 is 0 Å². The van der Waals surface area contributed by atoms with Gasteiger partial charge in [0.15, 0.2) is 0 Å². The second kappa shape index (κ2) is 5.79. The predicted molar refractivity (Wildman–Crippen MR) is 75.9 cm³/mol. The Morgan fingerprint density at radius 1 is 1.14 bits per heavy atom. The van der Waals surface area contributed by atoms with Gasteiger partial charge in [-0.15, -0.1) is 0 Å². The van der Waals surface area contributed by atoms with Crippen LogP contribution in [0.1, 0.15) is 18.5 Å². The molecule has 0 aliphatic heterocycles. The van der Waals surface area contributed by atoms with Crippen LogP contribution < -0.4 is 10.5 Å². The van der Waals surface area contributed by atoms with Gasteiger partial charge in [-0.3, -0.25) is 0 Å². The lowest BCUT2D eigenvalue weighted by Gasteiger charge is -2.15. The highest BCUT2D eigenvalue weighted by Gasteiger charge is 2.22. The number of nitrogen functional groups attached to an aromatic ring is 1. The highest BCUT2D eigenvalue weighted by molar-refractivity contribution is 7.89. The summed E-state index contributed by atoms with van der Waals surface area (Å²) in [5.74, 6) is -1.38. The van der Waals surface area contributed by atoms with Crippen molar-refractivity contribution >= 4 is 15.7 Å². The minimum absolute atomic E-state index is 0.134. The molecule has 1 unspecified atom stereocenters. The molecule has 2 rings (SSSR count). The fourth-order valence-corrected chi connectivity index (χ4v) is 3.21. The van der Waals surface area contributed by atoms with Crippen LogP contribution >= 0.6 is 0 Å². The first-order chi connectivity index (χ1) is 9.79. The number of nitrogens with two attached hydrogens (primary N) is 1. The van der Waals surface area contributed by atoms with Gasteiger partial charge in [0.05, 0.1) is 0 Å². The third-order valence-corrected chi connectivity index (χ3v) is 4.48. The Labute approximate surface area is 121 Å². The molecule has 0 aliphatic rings. The lowest BCUT2D eigenvalue weighted by atomic mass is 10.1. The number of hydrogen-bond acceptors (Lipinski definition) is 3. The average molecular weight is 312 g/mol. The Kier molecular flexibility index (Phi) is 4.24. The maximum atomic E-state index is 13.6. The van der Waals surface area contributed by atoms with Crippen molar-refractivity contribution in [3.8, 4) is 0 Å². The summed E-state index contributed by atoms with van der Waals surface area (Å²) in [4.78, 5) is -0.536. The Balaban J connectivity index is 2.31. The maximum absolute atomic E-state index is 13.6. The molecule has 0 amide bonds. The Morgan fingerprint density at radius 2 is 1.86 bits per heavy atom. The summed E-state index contributed by atoms with van der Waals surface area (Å²) in [6.45, 7) is 1.54. The van der Waals surface area contributed by atoms with Gasteiger partial charge < -0.3 is 5.73 Å². The predicted octanol–water partition coefficient (Wildman–Crippen LogP) is 2.59. The van der Waals surface area contributed by atoms with Gasteiger partial charge in [-0.1, -0.05) is 12.1 Å². The monoisotopic (exact) mass is 312 g/mol. The average Bonchev–Trinajstić information content (AvgIpc) is 2.41. The maximum Gasteiger partial charge on any atom is 0.244 e. The molecule has 0 saturated heterocycles. The Morgan fingerprint density at radius 3 is 2.52 bits per heavy atom. The summed E-state index contributed by atoms with van der Waals surface area (Å²) in [5.41, 5.74) is 6.05. The van der Waals surface area contributed by atoms with E-state index in [0.717, 1.165) is 12.1 Å². The van der Waals surface area contributed by atoms with Crippen LogP contribution in [0.4, 0.5) is 14.5 Å². The van der Waals surface area contributed by atoms with E-state index in [1.165, 1.54) is 31.2 Å². The third-order valence-electron chi connectivity index (χ3n) is 2.93. The highest BCUT2D eigenvalue weighted by Crippen LogP contribution is 2.21. The number of nitrogens with one attached hydrogen (secondary N) is 1. The van der Waals surface area contributed by atoms with Gasteiger partial charge in [0.2, 0.25) is 10.0 Å². The molecular formula is C14H14F2N2O2S. The number of rotatable bonds is 4. The summed E-state index contributed by atoms with van der Waals surface area (Å²) in [5, 5.41) is 0. The molecule has 0 heterocycles. The van der Waals surface area contributed by atoms with Gasteiger partial charge in [0.25, 0.3) is 0 Å². The number of benzene rings is 2. The summed E-state index contributed by atoms with van der Waals surface area (Å²) < 4.78 is 53.4. The molecule has 1 atom stereocenters. The van der Waals surface area contributed by atoms with Crippen LogP contribution in [-0.4, -0.2) is 8.42 Å². The minimum Gasteiger partial charge on any atom is -0.399 e. The molecule has 0 fully saturated rings. The largest absolute Gasteiger partial charge is 0.399 e. The molecule has 0 radical (unpaired) electrons. The van der Waals surface area contributed by atoms with Crippen molar-refractivity contribution in [1.29, 1.82) is 0 Å². The van der Waals surface area contributed by atoms with Crippen molar-refractivity contribution in [3.63, 3.8) is 0 Å². The Hall–Kier alpha value is -1.99. The van der Waals surface area contributed by atoms with Crippen molar-refractivity contribution in [3.05, 3.63) is 59.7 Å². The van der Waals surface area contributed by atoms with Crippen molar-refractivity contribution in [2.75, 3.05) is 5.73 Å². The van der Waals surface area contributed by atoms with Gasteiger partial charge in [0, 0.05) is 11.7 Å². The van der Waals surface area contributed by atoms with E-state index in [-0.39, 0.29) is 5.69 Å². The van der Waals surface area contributed by atoms with E-state index in [1.807, 2.05) is 0 Å². The zero-order valence-electron chi connectivity index (χ0n) is 11.2. The molecular weight excluding hydrogens is 298 g/mol. The van der Waals surface area contributed by atoms with Crippen LogP contribution in [-0.2, 0) is 10.0 Å². The van der Waals surface area contributed by atoms with E-state index in [9.17, 15) is 17.2 Å². The molecule has 0 aromatic heterocycles. The molecule has 0 aliphatic carbocycles. The van der Waals surface area contributed by atoms with Crippen molar-refractivity contribution in [2.24, 2.45) is 0 Å². The molecule has 112 valence electrons. The van der Waals surface area contributed by atoms with E-state index in [0.29, 0.717) is 5.56 Å². The van der Waals surface area contributed by atoms with Crippen LogP contribution in [0.25, 0.3) is 0 Å². The van der Waals surface area contributed by atoms with Crippen molar-refractivity contribution in [2.45, 2.75) is 17.9 Å². The van der Waals surface area contributed by atoms with Crippen LogP contribution in [0, 0.1) is 11.6 Å². The van der Waals surface area contributed by atoms with E-state index in [1.54, 1.807) is 6.07 Å². The molecule has 21 heavy (non-hydrogen) atoms. The van der Waals surface area contributed by atoms with Gasteiger partial charge in [-0.05, 0) is 42.8 Å². The standard InChI is InChI=1S/C14H14F2N2O2S/c1-9(10-3-2-4-11(15)7-10)18-21(19,20)14-8-12(17)5-6-13(14)16/h2-9,18H,17H2,1H3. The SMILES string of the molecule is CC(NS(=O)(=O)c1cc(N)ccc1F)c1cccc(F)c1. The molecule has 0 spiro atoms. The molecule has 2 aromatic rings. The smallest absolute Gasteiger partial charge is 0.244 e. The lowest BCUT2D eigenvalue weighted by molar-refractivity contribution is 0.546. The summed E-state index contributed by atoms with van der Waals surface area (Å²) in [6, 6.07) is 8.08. The number of halogens is 2. The van der Waals surface area contributed by atoms with Gasteiger partial charge in [-0.2, -0.15) is 0 Å². The fourth-order valence-electron chi connectivity index (χ4n) is 1.87. The van der Waals surface area contributed by atoms with E-state index in [4.69, 9.17) is 5.73 Å². The van der Waals surface area contributed by atoms with Crippen LogP contribution in [0.5, 0.6) is 0 Å². The summed E-state index contributed by atoms with van der Waals surface area (Å²) in [7, 11) is -4.10. The van der Waals surface area contributed by atoms with E-state index >= 15 is 0 Å². The van der Waals surface area contributed by atoms with Crippen LogP contribution in [0.3, 0.4) is 0 Å². The third kappa shape index (κ3) is 3.56. The zero-order valence-corrected chi connectivity index (χ0v) is 12.0. The second-order valence-corrected chi connectivity index (χ2v) is 6.27. The second-order valence-electron chi connectivity index (χ2n) is 4.59. The molecule has 2 aromatic carbocycles. The summed E-state index contributed by atoms with van der Waals surface area (Å²) >= 11 is 0. The molecule has 4 nitrogen and oxygen atoms in total. The first kappa shape index (κ1) is 15.4. The highest BCUT2D eigenvalue weighted by atomic mass is 32.2. The molecule has 7 heteroatoms. The first-order valence-electron chi connectivity index (χ1n) is 6.12. The van der Waals surface area contributed by atoms with Gasteiger partial charge in [0.1, 0.15) is 16.5 Å². The van der Waals surface area contributed by atoms with Crippen molar-refractivity contribution in [1.82, 2.24) is 4.72 Å². The van der Waals surface area contributed by atoms with Crippen LogP contribution in [0.15, 0.2) is 47.4 Å². The van der Waals surface area contributed by atoms with Gasteiger partial charge in [-0.25, -0.2) is 21.9 Å². The fraction of sp³-hybridized carbons (Fsp3) is 0.143.